The van der Waals surface area contributed by atoms with E-state index in [1.807, 2.05) is 32.0 Å². The van der Waals surface area contributed by atoms with Gasteiger partial charge in [0.05, 0.1) is 0 Å². The molecular formula is C13H18O3. The van der Waals surface area contributed by atoms with Crippen LogP contribution < -0.4 is 0 Å². The molecule has 0 spiro atoms. The fraction of sp³-hybridized carbons (Fsp3) is 0.462. The Morgan fingerprint density at radius 3 is 2.56 bits per heavy atom. The van der Waals surface area contributed by atoms with Gasteiger partial charge in [0.15, 0.2) is 5.60 Å². The molecule has 3 nitrogen and oxygen atoms in total. The summed E-state index contributed by atoms with van der Waals surface area (Å²) in [7, 11) is 0. The molecule has 0 fully saturated rings. The van der Waals surface area contributed by atoms with E-state index in [1.165, 1.54) is 0 Å². The number of hydrogen-bond donors (Lipinski definition) is 1. The highest BCUT2D eigenvalue weighted by molar-refractivity contribution is 5.79. The SMILES string of the molecule is CCCOC(C)(C(=O)O)c1ccccc1C. The Bertz CT molecular complexity index is 373. The van der Waals surface area contributed by atoms with E-state index >= 15 is 0 Å². The molecule has 88 valence electrons. The van der Waals surface area contributed by atoms with Gasteiger partial charge in [0.25, 0.3) is 0 Å². The number of hydrogen-bond acceptors (Lipinski definition) is 2. The Hall–Kier alpha value is -1.35. The maximum absolute atomic E-state index is 11.4. The molecule has 0 saturated carbocycles. The molecule has 3 heteroatoms. The van der Waals surface area contributed by atoms with E-state index < -0.39 is 11.6 Å². The van der Waals surface area contributed by atoms with Crippen molar-refractivity contribution in [3.63, 3.8) is 0 Å². The lowest BCUT2D eigenvalue weighted by molar-refractivity contribution is -0.165. The van der Waals surface area contributed by atoms with Crippen molar-refractivity contribution in [3.8, 4) is 0 Å². The van der Waals surface area contributed by atoms with Gasteiger partial charge >= 0.3 is 5.97 Å². The maximum atomic E-state index is 11.4. The van der Waals surface area contributed by atoms with Gasteiger partial charge in [-0.15, -0.1) is 0 Å². The smallest absolute Gasteiger partial charge is 0.340 e. The molecule has 0 aliphatic heterocycles. The Morgan fingerprint density at radius 1 is 1.44 bits per heavy atom. The van der Waals surface area contributed by atoms with Gasteiger partial charge in [0, 0.05) is 6.61 Å². The van der Waals surface area contributed by atoms with Crippen LogP contribution in [0.25, 0.3) is 0 Å². The molecule has 1 unspecified atom stereocenters. The number of rotatable bonds is 5. The van der Waals surface area contributed by atoms with Crippen molar-refractivity contribution in [1.29, 1.82) is 0 Å². The number of carboxylic acid groups (broad SMARTS) is 1. The second kappa shape index (κ2) is 5.12. The first-order valence-corrected chi connectivity index (χ1v) is 5.45. The summed E-state index contributed by atoms with van der Waals surface area (Å²) in [6, 6.07) is 7.42. The third kappa shape index (κ3) is 2.42. The van der Waals surface area contributed by atoms with Crippen molar-refractivity contribution in [1.82, 2.24) is 0 Å². The molecule has 0 heterocycles. The highest BCUT2D eigenvalue weighted by Crippen LogP contribution is 2.28. The summed E-state index contributed by atoms with van der Waals surface area (Å²) in [6.07, 6.45) is 0.800. The van der Waals surface area contributed by atoms with E-state index in [0.717, 1.165) is 17.5 Å². The molecule has 1 aromatic carbocycles. The van der Waals surface area contributed by atoms with Gasteiger partial charge in [0.2, 0.25) is 0 Å². The van der Waals surface area contributed by atoms with E-state index in [-0.39, 0.29) is 0 Å². The molecule has 0 saturated heterocycles. The average Bonchev–Trinajstić information content (AvgIpc) is 2.26. The summed E-state index contributed by atoms with van der Waals surface area (Å²) >= 11 is 0. The minimum absolute atomic E-state index is 0.442. The molecule has 0 amide bonds. The topological polar surface area (TPSA) is 46.5 Å². The Kier molecular flexibility index (Phi) is 4.07. The standard InChI is InChI=1S/C13H18O3/c1-4-9-16-13(3,12(14)15)11-8-6-5-7-10(11)2/h5-8H,4,9H2,1-3H3,(H,14,15). The molecule has 0 aliphatic rings. The number of aryl methyl sites for hydroxylation is 1. The second-order valence-electron chi connectivity index (χ2n) is 4.00. The second-order valence-corrected chi connectivity index (χ2v) is 4.00. The summed E-state index contributed by atoms with van der Waals surface area (Å²) in [5, 5.41) is 9.31. The largest absolute Gasteiger partial charge is 0.479 e. The van der Waals surface area contributed by atoms with Gasteiger partial charge < -0.3 is 9.84 Å². The molecule has 0 bridgehead atoms. The van der Waals surface area contributed by atoms with E-state index in [2.05, 4.69) is 0 Å². The zero-order valence-electron chi connectivity index (χ0n) is 9.99. The summed E-state index contributed by atoms with van der Waals surface area (Å²) in [4.78, 5) is 11.4. The monoisotopic (exact) mass is 222 g/mol. The van der Waals surface area contributed by atoms with Gasteiger partial charge in [-0.05, 0) is 31.4 Å². The van der Waals surface area contributed by atoms with Crippen LogP contribution in [0.1, 0.15) is 31.4 Å². The highest BCUT2D eigenvalue weighted by atomic mass is 16.5. The zero-order chi connectivity index (χ0) is 12.2. The molecule has 0 radical (unpaired) electrons. The van der Waals surface area contributed by atoms with Crippen LogP contribution in [0.15, 0.2) is 24.3 Å². The van der Waals surface area contributed by atoms with Crippen LogP contribution in [0.4, 0.5) is 0 Å². The van der Waals surface area contributed by atoms with Crippen molar-refractivity contribution in [2.45, 2.75) is 32.8 Å². The quantitative estimate of drug-likeness (QED) is 0.833. The predicted molar refractivity (Wildman–Crippen MR) is 62.4 cm³/mol. The first-order valence-electron chi connectivity index (χ1n) is 5.45. The lowest BCUT2D eigenvalue weighted by Gasteiger charge is -2.27. The van der Waals surface area contributed by atoms with Crippen molar-refractivity contribution in [3.05, 3.63) is 35.4 Å². The lowest BCUT2D eigenvalue weighted by Crippen LogP contribution is -2.36. The fourth-order valence-electron chi connectivity index (χ4n) is 1.67. The first-order chi connectivity index (χ1) is 7.52. The number of ether oxygens (including phenoxy) is 1. The van der Waals surface area contributed by atoms with E-state index in [9.17, 15) is 9.90 Å². The summed E-state index contributed by atoms with van der Waals surface area (Å²) in [6.45, 7) is 5.90. The molecule has 1 N–H and O–H groups in total. The third-order valence-corrected chi connectivity index (χ3v) is 2.66. The number of carbonyl (C=O) groups is 1. The fourth-order valence-corrected chi connectivity index (χ4v) is 1.67. The van der Waals surface area contributed by atoms with Crippen LogP contribution in [-0.4, -0.2) is 17.7 Å². The van der Waals surface area contributed by atoms with E-state index in [4.69, 9.17) is 4.74 Å². The zero-order valence-corrected chi connectivity index (χ0v) is 9.99. The molecule has 1 rings (SSSR count). The molecule has 1 aromatic rings. The summed E-state index contributed by atoms with van der Waals surface area (Å²) < 4.78 is 5.51. The van der Waals surface area contributed by atoms with Crippen molar-refractivity contribution >= 4 is 5.97 Å². The molecular weight excluding hydrogens is 204 g/mol. The van der Waals surface area contributed by atoms with E-state index in [1.54, 1.807) is 13.0 Å². The molecule has 16 heavy (non-hydrogen) atoms. The van der Waals surface area contributed by atoms with Crippen molar-refractivity contribution in [2.75, 3.05) is 6.61 Å². The van der Waals surface area contributed by atoms with Gasteiger partial charge in [0.1, 0.15) is 0 Å². The Morgan fingerprint density at radius 2 is 2.06 bits per heavy atom. The van der Waals surface area contributed by atoms with Gasteiger partial charge in [-0.3, -0.25) is 0 Å². The number of aliphatic carboxylic acids is 1. The third-order valence-electron chi connectivity index (χ3n) is 2.66. The summed E-state index contributed by atoms with van der Waals surface area (Å²) in [5.74, 6) is -0.949. The average molecular weight is 222 g/mol. The predicted octanol–water partition coefficient (Wildman–Crippen LogP) is 2.72. The lowest BCUT2D eigenvalue weighted by atomic mass is 9.92. The minimum Gasteiger partial charge on any atom is -0.479 e. The molecule has 0 aromatic heterocycles. The van der Waals surface area contributed by atoms with Crippen LogP contribution in [-0.2, 0) is 15.1 Å². The van der Waals surface area contributed by atoms with Crippen molar-refractivity contribution < 1.29 is 14.6 Å². The molecule has 1 atom stereocenters. The van der Waals surface area contributed by atoms with Gasteiger partial charge in [-0.25, -0.2) is 4.79 Å². The van der Waals surface area contributed by atoms with E-state index in [0.29, 0.717) is 6.61 Å². The van der Waals surface area contributed by atoms with Crippen molar-refractivity contribution in [2.24, 2.45) is 0 Å². The normalized spacial score (nSPS) is 14.4. The number of carboxylic acids is 1. The summed E-state index contributed by atoms with van der Waals surface area (Å²) in [5.41, 5.74) is 0.404. The minimum atomic E-state index is -1.25. The van der Waals surface area contributed by atoms with Crippen LogP contribution in [0.5, 0.6) is 0 Å². The first kappa shape index (κ1) is 12.7. The number of benzene rings is 1. The maximum Gasteiger partial charge on any atom is 0.340 e. The molecule has 0 aliphatic carbocycles. The van der Waals surface area contributed by atoms with Gasteiger partial charge in [-0.2, -0.15) is 0 Å². The Labute approximate surface area is 96.1 Å². The van der Waals surface area contributed by atoms with Crippen LogP contribution >= 0.6 is 0 Å². The highest BCUT2D eigenvalue weighted by Gasteiger charge is 2.37. The van der Waals surface area contributed by atoms with Crippen LogP contribution in [0, 0.1) is 6.92 Å². The van der Waals surface area contributed by atoms with Crippen LogP contribution in [0.2, 0.25) is 0 Å². The Balaban J connectivity index is 3.11. The van der Waals surface area contributed by atoms with Gasteiger partial charge in [-0.1, -0.05) is 31.2 Å². The van der Waals surface area contributed by atoms with Crippen LogP contribution in [0.3, 0.4) is 0 Å².